The Morgan fingerprint density at radius 3 is 1.97 bits per heavy atom. The molecule has 14 atom stereocenters. The number of ether oxygens (including phenoxy) is 6. The van der Waals surface area contributed by atoms with E-state index in [0.717, 1.165) is 36.7 Å². The predicted molar refractivity (Wildman–Crippen MR) is 278 cm³/mol. The Balaban J connectivity index is 0.793. The van der Waals surface area contributed by atoms with Crippen LogP contribution in [0.3, 0.4) is 0 Å². The molecule has 4 aliphatic heterocycles. The van der Waals surface area contributed by atoms with Gasteiger partial charge in [0, 0.05) is 86.5 Å². The number of carbonyl (C=O) groups excluding carboxylic acids is 2. The highest BCUT2D eigenvalue weighted by Gasteiger charge is 2.52. The molecule has 3 fully saturated rings. The fraction of sp³-hybridized carbons (Fsp3) is 0.593. The van der Waals surface area contributed by atoms with Crippen molar-refractivity contribution in [3.63, 3.8) is 0 Å². The predicted octanol–water partition coefficient (Wildman–Crippen LogP) is -0.929. The highest BCUT2D eigenvalue weighted by Crippen LogP contribution is 2.42. The lowest BCUT2D eigenvalue weighted by Gasteiger charge is -2.47. The van der Waals surface area contributed by atoms with Crippen LogP contribution in [0.25, 0.3) is 33.4 Å². The number of unbranched alkanes of at least 4 members (excludes halogenated alkanes) is 5. The van der Waals surface area contributed by atoms with E-state index < -0.39 is 118 Å². The van der Waals surface area contributed by atoms with Gasteiger partial charge in [0.1, 0.15) is 86.5 Å². The maximum absolute atomic E-state index is 13.3. The van der Waals surface area contributed by atoms with Crippen molar-refractivity contribution in [1.82, 2.24) is 15.2 Å². The largest absolute Gasteiger partial charge is 0.478 e. The summed E-state index contributed by atoms with van der Waals surface area (Å²) in [4.78, 5) is 40.6. The molecular formula is C54H75N4O20+. The first kappa shape index (κ1) is 60.4. The molecule has 24 heteroatoms. The number of carboxylic acid groups (broad SMARTS) is 1. The third-order valence-electron chi connectivity index (χ3n) is 14.3. The van der Waals surface area contributed by atoms with E-state index in [4.69, 9.17) is 32.8 Å². The van der Waals surface area contributed by atoms with Crippen molar-refractivity contribution in [2.75, 3.05) is 72.6 Å². The first-order valence-corrected chi connectivity index (χ1v) is 26.3. The van der Waals surface area contributed by atoms with Crippen LogP contribution in [0, 0.1) is 0 Å². The average Bonchev–Trinajstić information content (AvgIpc) is 3.43. The number of amides is 2. The van der Waals surface area contributed by atoms with E-state index >= 15 is 0 Å². The van der Waals surface area contributed by atoms with Crippen molar-refractivity contribution in [1.29, 1.82) is 0 Å². The zero-order valence-electron chi connectivity index (χ0n) is 44.1. The van der Waals surface area contributed by atoms with Gasteiger partial charge in [0.05, 0.1) is 37.6 Å². The fourth-order valence-corrected chi connectivity index (χ4v) is 9.83. The van der Waals surface area contributed by atoms with Crippen LogP contribution in [0.1, 0.15) is 72.1 Å². The van der Waals surface area contributed by atoms with Gasteiger partial charge in [-0.2, -0.15) is 0 Å². The number of rotatable bonds is 24. The molecular weight excluding hydrogens is 1020 g/mol. The smallest absolute Gasteiger partial charge is 0.336 e. The number of hydrogen-bond acceptors (Lipinski definition) is 20. The third-order valence-corrected chi connectivity index (χ3v) is 14.3. The minimum absolute atomic E-state index is 0.0563. The summed E-state index contributed by atoms with van der Waals surface area (Å²) in [6.45, 7) is -1.70. The second-order valence-corrected chi connectivity index (χ2v) is 20.2. The topological polar surface area (TPSA) is 352 Å². The van der Waals surface area contributed by atoms with Crippen molar-refractivity contribution in [3.05, 3.63) is 71.1 Å². The van der Waals surface area contributed by atoms with E-state index in [1.807, 2.05) is 74.1 Å². The molecule has 2 amide bonds. The first-order valence-electron chi connectivity index (χ1n) is 26.3. The number of benzene rings is 3. The average molecular weight is 1100 g/mol. The van der Waals surface area contributed by atoms with Gasteiger partial charge in [-0.15, -0.1) is 0 Å². The molecule has 0 radical (unpaired) electrons. The Labute approximate surface area is 450 Å². The molecule has 7 rings (SSSR count). The molecule has 0 bridgehead atoms. The van der Waals surface area contributed by atoms with Gasteiger partial charge in [-0.05, 0) is 48.7 Å². The summed E-state index contributed by atoms with van der Waals surface area (Å²) < 4.78 is 42.3. The van der Waals surface area contributed by atoms with Crippen LogP contribution < -0.4 is 25.5 Å². The molecule has 5 aliphatic rings. The number of aliphatic hydroxyl groups excluding tert-OH is 9. The van der Waals surface area contributed by atoms with Crippen LogP contribution in [0.15, 0.2) is 59.0 Å². The molecule has 12 N–H and O–H groups in total. The monoisotopic (exact) mass is 1100 g/mol. The van der Waals surface area contributed by atoms with E-state index in [9.17, 15) is 65.4 Å². The fourth-order valence-electron chi connectivity index (χ4n) is 9.83. The number of carbonyl (C=O) groups is 3. The van der Waals surface area contributed by atoms with Crippen LogP contribution in [0.4, 0.5) is 5.69 Å². The minimum Gasteiger partial charge on any atom is -0.478 e. The maximum Gasteiger partial charge on any atom is 0.336 e. The zero-order valence-corrected chi connectivity index (χ0v) is 44.1. The van der Waals surface area contributed by atoms with Crippen molar-refractivity contribution < 1.29 is 98.3 Å². The van der Waals surface area contributed by atoms with Gasteiger partial charge in [0.25, 0.3) is 5.91 Å². The van der Waals surface area contributed by atoms with Gasteiger partial charge in [-0.3, -0.25) is 9.59 Å². The number of hydrogen-bond donors (Lipinski definition) is 12. The molecule has 0 spiro atoms. The Kier molecular flexibility index (Phi) is 21.5. The van der Waals surface area contributed by atoms with Gasteiger partial charge in [0.2, 0.25) is 11.3 Å². The molecule has 78 heavy (non-hydrogen) atoms. The Hall–Kier alpha value is -5.26. The van der Waals surface area contributed by atoms with Crippen LogP contribution >= 0.6 is 0 Å². The Morgan fingerprint density at radius 1 is 0.679 bits per heavy atom. The molecule has 1 aliphatic carbocycles. The standard InChI is InChI=1S/C54H74N4O20/c1-57(2)29-13-16-32-36(22-29)73-37-23-30(58(3)4)14-17-33(37)43(32)31-15-12-28(21-34(31)52(70)71)51(69)56-19-18-55-41(63)11-9-7-5-6-8-10-20-72-53-47(67)45(65)50(40(27-61)75-53)78-54-48(68)46(66)49(39(26-60)76-54)77-42-24-35(62)44(64)38(25-59)74-42/h12-17,21-23,35,38-40,42,44-50,53-54,59-62,64-68H,5-11,18-20,24-27H2,1-4H3,(H2-,55,56,63,69,70,71)/p+1/t35-,38-,39-,40-,42-,44-,45-,46-,47-,48-,49+,50-,53-,54+/m1/s1. The lowest BCUT2D eigenvalue weighted by Crippen LogP contribution is -2.65. The van der Waals surface area contributed by atoms with Gasteiger partial charge in [-0.1, -0.05) is 31.7 Å². The van der Waals surface area contributed by atoms with E-state index in [1.54, 1.807) is 12.1 Å². The van der Waals surface area contributed by atoms with E-state index in [2.05, 4.69) is 10.6 Å². The molecule has 0 unspecified atom stereocenters. The molecule has 430 valence electrons. The summed E-state index contributed by atoms with van der Waals surface area (Å²) >= 11 is 0. The number of nitrogens with one attached hydrogen (secondary N) is 2. The minimum atomic E-state index is -1.86. The van der Waals surface area contributed by atoms with Crippen molar-refractivity contribution >= 4 is 34.4 Å². The molecule has 0 saturated carbocycles. The summed E-state index contributed by atoms with van der Waals surface area (Å²) in [5.74, 6) is -1.30. The first-order chi connectivity index (χ1) is 37.3. The van der Waals surface area contributed by atoms with Gasteiger partial charge in [0.15, 0.2) is 18.9 Å². The summed E-state index contributed by atoms with van der Waals surface area (Å²) in [6.07, 6.45) is -16.5. The lowest BCUT2D eigenvalue weighted by atomic mass is 9.89. The van der Waals surface area contributed by atoms with Gasteiger partial charge >= 0.3 is 5.97 Å². The second kappa shape index (κ2) is 27.8. The maximum atomic E-state index is 13.3. The number of carboxylic acids is 1. The number of fused-ring (bicyclic) bond motifs is 2. The quantitative estimate of drug-likeness (QED) is 0.0229. The number of aliphatic hydroxyl groups is 9. The number of anilines is 1. The third kappa shape index (κ3) is 14.4. The van der Waals surface area contributed by atoms with Gasteiger partial charge < -0.3 is 99.4 Å². The second-order valence-electron chi connectivity index (χ2n) is 20.2. The van der Waals surface area contributed by atoms with Crippen molar-refractivity contribution in [2.24, 2.45) is 0 Å². The van der Waals surface area contributed by atoms with E-state index in [0.29, 0.717) is 46.3 Å². The van der Waals surface area contributed by atoms with Gasteiger partial charge in [-0.25, -0.2) is 9.37 Å². The van der Waals surface area contributed by atoms with Crippen LogP contribution in [0.5, 0.6) is 0 Å². The lowest BCUT2D eigenvalue weighted by molar-refractivity contribution is -0.372. The highest BCUT2D eigenvalue weighted by atomic mass is 16.8. The van der Waals surface area contributed by atoms with Crippen LogP contribution in [-0.2, 0) is 33.2 Å². The summed E-state index contributed by atoms with van der Waals surface area (Å²) in [5, 5.41) is 111. The van der Waals surface area contributed by atoms with Crippen molar-refractivity contribution in [2.45, 2.75) is 137 Å². The summed E-state index contributed by atoms with van der Waals surface area (Å²) in [5.41, 5.74) is 3.37. The SMILES string of the molecule is CN(C)c1ccc2c(-c3ccc(C(=O)NCCNC(=O)CCCCCCCCO[C@@H]4O[C@H](CO)[C@@H](O[C@@H]5O[C@H](CO)[C@H](O[C@@H]6C[C@@H](O)[C@@H](O)[C@@H](CO)O6)[C@H](O)[C@H]5O)[C@H](O)[C@H]4O)cc3C(=O)O)c3ccc(=[N+](C)C)cc-3oc2c1. The molecule has 2 aromatic carbocycles. The molecule has 3 saturated heterocycles. The molecule has 2 aromatic rings. The number of aromatic carboxylic acids is 1. The molecule has 0 aromatic heterocycles. The van der Waals surface area contributed by atoms with E-state index in [1.165, 1.54) is 6.07 Å². The molecule has 24 nitrogen and oxygen atoms in total. The van der Waals surface area contributed by atoms with Crippen LogP contribution in [-0.4, -0.2) is 223 Å². The molecule has 4 heterocycles. The summed E-state index contributed by atoms with van der Waals surface area (Å²) in [7, 11) is 7.68. The zero-order chi connectivity index (χ0) is 56.4. The number of nitrogens with zero attached hydrogens (tertiary/aromatic N) is 2. The van der Waals surface area contributed by atoms with E-state index in [-0.39, 0.29) is 49.6 Å². The van der Waals surface area contributed by atoms with Crippen molar-refractivity contribution in [3.8, 4) is 22.5 Å². The highest BCUT2D eigenvalue weighted by molar-refractivity contribution is 6.09. The normalized spacial score (nSPS) is 28.4. The van der Waals surface area contributed by atoms with Crippen LogP contribution in [0.2, 0.25) is 0 Å². The Morgan fingerprint density at radius 2 is 1.31 bits per heavy atom. The Bertz CT molecular complexity index is 2680. The summed E-state index contributed by atoms with van der Waals surface area (Å²) in [6, 6.07) is 16.1.